The summed E-state index contributed by atoms with van der Waals surface area (Å²) in [5.74, 6) is 0.856. The second-order valence-electron chi connectivity index (χ2n) is 4.06. The Morgan fingerprint density at radius 2 is 2.27 bits per heavy atom. The van der Waals surface area contributed by atoms with Crippen LogP contribution in [0.5, 0.6) is 0 Å². The maximum absolute atomic E-state index is 11.4. The molecule has 1 heterocycles. The Labute approximate surface area is 98.2 Å². The molecule has 1 fully saturated rings. The van der Waals surface area contributed by atoms with Crippen molar-refractivity contribution in [3.63, 3.8) is 0 Å². The van der Waals surface area contributed by atoms with Crippen LogP contribution in [0.15, 0.2) is 22.8 Å². The summed E-state index contributed by atoms with van der Waals surface area (Å²) < 4.78 is 1.00. The molecule has 0 amide bonds. The zero-order valence-corrected chi connectivity index (χ0v) is 10.2. The van der Waals surface area contributed by atoms with Crippen LogP contribution in [0.3, 0.4) is 0 Å². The number of nitrogens with zero attached hydrogens (tertiary/aromatic N) is 1. The molecule has 2 rings (SSSR count). The zero-order valence-electron chi connectivity index (χ0n) is 8.58. The second-order valence-corrected chi connectivity index (χ2v) is 4.98. The van der Waals surface area contributed by atoms with Crippen LogP contribution in [-0.2, 0) is 11.2 Å². The fourth-order valence-corrected chi connectivity index (χ4v) is 1.84. The Hall–Kier alpha value is -0.700. The van der Waals surface area contributed by atoms with Gasteiger partial charge in [-0.2, -0.15) is 0 Å². The van der Waals surface area contributed by atoms with Crippen LogP contribution in [0, 0.1) is 5.92 Å². The third kappa shape index (κ3) is 3.42. The SMILES string of the molecule is O=C(CCCc1ccc(Br)cn1)C1CC1. The molecular formula is C12H14BrNO. The molecule has 15 heavy (non-hydrogen) atoms. The number of ketones is 1. The van der Waals surface area contributed by atoms with Gasteiger partial charge in [0, 0.05) is 28.7 Å². The van der Waals surface area contributed by atoms with Gasteiger partial charge in [0.1, 0.15) is 5.78 Å². The van der Waals surface area contributed by atoms with Gasteiger partial charge in [0.15, 0.2) is 0 Å². The molecule has 0 spiro atoms. The molecule has 0 bridgehead atoms. The van der Waals surface area contributed by atoms with Crippen molar-refractivity contribution < 1.29 is 4.79 Å². The maximum atomic E-state index is 11.4. The number of aryl methyl sites for hydroxylation is 1. The van der Waals surface area contributed by atoms with Crippen LogP contribution in [0.4, 0.5) is 0 Å². The lowest BCUT2D eigenvalue weighted by Crippen LogP contribution is -2.01. The lowest BCUT2D eigenvalue weighted by atomic mass is 10.1. The quantitative estimate of drug-likeness (QED) is 0.821. The van der Waals surface area contributed by atoms with E-state index in [1.807, 2.05) is 12.1 Å². The minimum atomic E-state index is 0.405. The van der Waals surface area contributed by atoms with Crippen molar-refractivity contribution in [2.75, 3.05) is 0 Å². The summed E-state index contributed by atoms with van der Waals surface area (Å²) in [6.45, 7) is 0. The Balaban J connectivity index is 1.73. The van der Waals surface area contributed by atoms with Gasteiger partial charge in [-0.05, 0) is 53.7 Å². The van der Waals surface area contributed by atoms with Crippen molar-refractivity contribution in [3.8, 4) is 0 Å². The van der Waals surface area contributed by atoms with Gasteiger partial charge in [-0.25, -0.2) is 0 Å². The van der Waals surface area contributed by atoms with Crippen molar-refractivity contribution in [2.24, 2.45) is 5.92 Å². The minimum absolute atomic E-state index is 0.405. The Morgan fingerprint density at radius 3 is 2.87 bits per heavy atom. The number of pyridine rings is 1. The lowest BCUT2D eigenvalue weighted by molar-refractivity contribution is -0.120. The predicted molar refractivity (Wildman–Crippen MR) is 62.6 cm³/mol. The van der Waals surface area contributed by atoms with Gasteiger partial charge in [-0.1, -0.05) is 0 Å². The number of Topliss-reactive ketones (excluding diaryl/α,β-unsaturated/α-hetero) is 1. The molecule has 80 valence electrons. The highest BCUT2D eigenvalue weighted by Gasteiger charge is 2.28. The Bertz CT molecular complexity index is 343. The van der Waals surface area contributed by atoms with Gasteiger partial charge in [0.25, 0.3) is 0 Å². The number of aromatic nitrogens is 1. The summed E-state index contributed by atoms with van der Waals surface area (Å²) in [6, 6.07) is 4.00. The van der Waals surface area contributed by atoms with Crippen molar-refractivity contribution in [3.05, 3.63) is 28.5 Å². The summed E-state index contributed by atoms with van der Waals surface area (Å²) in [5.41, 5.74) is 1.07. The van der Waals surface area contributed by atoms with E-state index in [9.17, 15) is 4.79 Å². The summed E-state index contributed by atoms with van der Waals surface area (Å²) in [4.78, 5) is 15.7. The number of halogens is 1. The number of carbonyl (C=O) groups excluding carboxylic acids is 1. The molecule has 0 radical (unpaired) electrons. The van der Waals surface area contributed by atoms with E-state index in [1.54, 1.807) is 6.20 Å². The molecule has 2 nitrogen and oxygen atoms in total. The molecule has 0 unspecified atom stereocenters. The van der Waals surface area contributed by atoms with Crippen molar-refractivity contribution in [1.82, 2.24) is 4.98 Å². The monoisotopic (exact) mass is 267 g/mol. The Kier molecular flexibility index (Phi) is 3.52. The van der Waals surface area contributed by atoms with E-state index in [4.69, 9.17) is 0 Å². The summed E-state index contributed by atoms with van der Waals surface area (Å²) in [7, 11) is 0. The van der Waals surface area contributed by atoms with Crippen LogP contribution in [0.2, 0.25) is 0 Å². The fraction of sp³-hybridized carbons (Fsp3) is 0.500. The smallest absolute Gasteiger partial charge is 0.135 e. The molecule has 1 aliphatic carbocycles. The van der Waals surface area contributed by atoms with Gasteiger partial charge in [-0.3, -0.25) is 9.78 Å². The van der Waals surface area contributed by atoms with Crippen LogP contribution < -0.4 is 0 Å². The highest BCUT2D eigenvalue weighted by Crippen LogP contribution is 2.31. The van der Waals surface area contributed by atoms with Crippen LogP contribution >= 0.6 is 15.9 Å². The van der Waals surface area contributed by atoms with Crippen LogP contribution in [0.25, 0.3) is 0 Å². The number of carbonyl (C=O) groups is 1. The minimum Gasteiger partial charge on any atom is -0.299 e. The zero-order chi connectivity index (χ0) is 10.7. The van der Waals surface area contributed by atoms with E-state index in [2.05, 4.69) is 20.9 Å². The maximum Gasteiger partial charge on any atom is 0.135 e. The van der Waals surface area contributed by atoms with E-state index in [1.165, 1.54) is 0 Å². The van der Waals surface area contributed by atoms with E-state index in [-0.39, 0.29) is 0 Å². The molecule has 1 aliphatic rings. The van der Waals surface area contributed by atoms with Gasteiger partial charge in [-0.15, -0.1) is 0 Å². The number of hydrogen-bond donors (Lipinski definition) is 0. The third-order valence-corrected chi connectivity index (χ3v) is 3.15. The molecular weight excluding hydrogens is 254 g/mol. The first kappa shape index (κ1) is 10.8. The topological polar surface area (TPSA) is 30.0 Å². The van der Waals surface area contributed by atoms with Gasteiger partial charge in [0.2, 0.25) is 0 Å². The average molecular weight is 268 g/mol. The van der Waals surface area contributed by atoms with Crippen molar-refractivity contribution in [1.29, 1.82) is 0 Å². The molecule has 1 aromatic heterocycles. The van der Waals surface area contributed by atoms with Crippen molar-refractivity contribution in [2.45, 2.75) is 32.1 Å². The Morgan fingerprint density at radius 1 is 1.47 bits per heavy atom. The molecule has 1 aromatic rings. The van der Waals surface area contributed by atoms with E-state index in [0.717, 1.165) is 42.3 Å². The fourth-order valence-electron chi connectivity index (χ4n) is 1.61. The van der Waals surface area contributed by atoms with E-state index >= 15 is 0 Å². The molecule has 0 aliphatic heterocycles. The van der Waals surface area contributed by atoms with Crippen LogP contribution in [-0.4, -0.2) is 10.8 Å². The molecule has 0 saturated heterocycles. The molecule has 3 heteroatoms. The summed E-state index contributed by atoms with van der Waals surface area (Å²) in [5, 5.41) is 0. The van der Waals surface area contributed by atoms with Gasteiger partial charge in [0.05, 0.1) is 0 Å². The second kappa shape index (κ2) is 4.88. The molecule has 0 aromatic carbocycles. The molecule has 0 N–H and O–H groups in total. The standard InChI is InChI=1S/C12H14BrNO/c13-10-6-7-11(14-8-10)2-1-3-12(15)9-4-5-9/h6-9H,1-5H2. The largest absolute Gasteiger partial charge is 0.299 e. The van der Waals surface area contributed by atoms with Gasteiger partial charge >= 0.3 is 0 Å². The first-order valence-corrected chi connectivity index (χ1v) is 6.18. The van der Waals surface area contributed by atoms with Crippen LogP contribution in [0.1, 0.15) is 31.4 Å². The lowest BCUT2D eigenvalue weighted by Gasteiger charge is -2.00. The predicted octanol–water partition coefficient (Wildman–Crippen LogP) is 3.15. The third-order valence-electron chi connectivity index (χ3n) is 2.68. The molecule has 1 saturated carbocycles. The first-order valence-electron chi connectivity index (χ1n) is 5.39. The summed E-state index contributed by atoms with van der Waals surface area (Å²) >= 11 is 3.35. The van der Waals surface area contributed by atoms with E-state index in [0.29, 0.717) is 11.7 Å². The first-order chi connectivity index (χ1) is 7.25. The van der Waals surface area contributed by atoms with Gasteiger partial charge < -0.3 is 0 Å². The molecule has 0 atom stereocenters. The normalized spacial score (nSPS) is 15.3. The van der Waals surface area contributed by atoms with Crippen molar-refractivity contribution >= 4 is 21.7 Å². The highest BCUT2D eigenvalue weighted by atomic mass is 79.9. The van der Waals surface area contributed by atoms with E-state index < -0.39 is 0 Å². The summed E-state index contributed by atoms with van der Waals surface area (Å²) in [6.07, 6.45) is 6.61. The average Bonchev–Trinajstić information content (AvgIpc) is 3.04. The number of hydrogen-bond acceptors (Lipinski definition) is 2. The highest BCUT2D eigenvalue weighted by molar-refractivity contribution is 9.10. The number of rotatable bonds is 5.